The van der Waals surface area contributed by atoms with Gasteiger partial charge in [0.25, 0.3) is 5.56 Å². The van der Waals surface area contributed by atoms with Crippen LogP contribution in [0.3, 0.4) is 0 Å². The van der Waals surface area contributed by atoms with Gasteiger partial charge in [0.2, 0.25) is 17.8 Å². The van der Waals surface area contributed by atoms with Crippen LogP contribution in [-0.4, -0.2) is 98.2 Å². The third-order valence-corrected chi connectivity index (χ3v) is 8.08. The van der Waals surface area contributed by atoms with Crippen LogP contribution in [0.5, 0.6) is 0 Å². The number of azide groups is 1. The first kappa shape index (κ1) is 34.3. The number of carbonyl (C=O) groups excluding carboxylic acids is 2. The Balaban J connectivity index is 1.11. The van der Waals surface area contributed by atoms with E-state index in [0.29, 0.717) is 49.5 Å². The van der Waals surface area contributed by atoms with E-state index in [4.69, 9.17) is 20.7 Å². The molecule has 6 N–H and O–H groups in total. The van der Waals surface area contributed by atoms with E-state index in [-0.39, 0.29) is 56.4 Å². The Hall–Kier alpha value is -4.55. The molecule has 4 rings (SSSR count). The molecule has 1 aliphatic rings. The van der Waals surface area contributed by atoms with Crippen LogP contribution in [0.4, 0.5) is 9.83 Å². The zero-order chi connectivity index (χ0) is 33.1. The maximum atomic E-state index is 13.1. The van der Waals surface area contributed by atoms with Gasteiger partial charge in [-0.1, -0.05) is 17.2 Å². The Morgan fingerprint density at radius 2 is 1.89 bits per heavy atom. The smallest absolute Gasteiger partial charge is 0.332 e. The van der Waals surface area contributed by atoms with Crippen molar-refractivity contribution in [2.24, 2.45) is 5.11 Å². The van der Waals surface area contributed by atoms with Gasteiger partial charge in [-0.05, 0) is 41.6 Å². The molecule has 1 unspecified atom stereocenters. The van der Waals surface area contributed by atoms with Crippen molar-refractivity contribution in [3.8, 4) is 0 Å². The van der Waals surface area contributed by atoms with E-state index in [1.807, 2.05) is 0 Å². The summed E-state index contributed by atoms with van der Waals surface area (Å²) in [7, 11) is -4.82. The second-order valence-electron chi connectivity index (χ2n) is 10.4. The van der Waals surface area contributed by atoms with Gasteiger partial charge in [-0.25, -0.2) is 0 Å². The Bertz CT molecular complexity index is 1720. The number of amides is 2. The molecule has 3 aromatic rings. The number of hydrogen-bond donors (Lipinski definition) is 5. The van der Waals surface area contributed by atoms with E-state index in [2.05, 4.69) is 35.6 Å². The van der Waals surface area contributed by atoms with Crippen LogP contribution >= 0.6 is 0 Å². The number of hydrogen-bond acceptors (Lipinski definition) is 11. The quantitative estimate of drug-likeness (QED) is 0.0443. The van der Waals surface area contributed by atoms with Gasteiger partial charge >= 0.3 is 10.2 Å². The van der Waals surface area contributed by atoms with Crippen LogP contribution in [0, 0.1) is 0 Å². The van der Waals surface area contributed by atoms with Gasteiger partial charge < -0.3 is 35.7 Å². The highest BCUT2D eigenvalue weighted by molar-refractivity contribution is 7.86. The highest BCUT2D eigenvalue weighted by atomic mass is 32.3. The first-order valence-corrected chi connectivity index (χ1v) is 15.8. The topological polar surface area (TPSA) is 250 Å². The fourth-order valence-electron chi connectivity index (χ4n) is 5.02. The lowest BCUT2D eigenvalue weighted by molar-refractivity contribution is -0.138. The standard InChI is InChI=1S/C27H35FN10O7S/c28-46(42,43)20-4-1-17(2-5-20)3-6-22(39)38-16-19(36-37-30)13-21(38)25(40)32-8-10-45-12-11-44-9-7-31-14-18-15-33-24-23(18)26(41)35-27(29)34-24/h1-2,4-5,15,19,21,31H,3,6-14,16H2,(H,32,40)(H4,29,33,34,35,41)/t19?,21-/m0/s1. The summed E-state index contributed by atoms with van der Waals surface area (Å²) >= 11 is 0. The predicted molar refractivity (Wildman–Crippen MR) is 164 cm³/mol. The summed E-state index contributed by atoms with van der Waals surface area (Å²) in [5.41, 5.74) is 15.9. The third-order valence-electron chi connectivity index (χ3n) is 7.25. The lowest BCUT2D eigenvalue weighted by atomic mass is 10.1. The van der Waals surface area contributed by atoms with Crippen molar-refractivity contribution >= 4 is 39.0 Å². The SMILES string of the molecule is [N-]=[N+]=NC1C[C@@H](C(=O)NCCOCCOCCNCc2c[nH]c3nc(N)[nH]c(=O)c23)N(C(=O)CCc2ccc(S(=O)(=O)F)cc2)C1. The number of nitrogens with zero attached hydrogens (tertiary/aromatic N) is 5. The Morgan fingerprint density at radius 1 is 1.17 bits per heavy atom. The number of aromatic amines is 2. The monoisotopic (exact) mass is 662 g/mol. The normalized spacial score (nSPS) is 16.4. The Morgan fingerprint density at radius 3 is 2.59 bits per heavy atom. The molecule has 1 saturated heterocycles. The number of nitrogens with one attached hydrogen (secondary N) is 4. The fourth-order valence-corrected chi connectivity index (χ4v) is 5.48. The molecule has 2 atom stereocenters. The van der Waals surface area contributed by atoms with E-state index in [1.165, 1.54) is 17.0 Å². The predicted octanol–water partition coefficient (Wildman–Crippen LogP) is 0.643. The van der Waals surface area contributed by atoms with Gasteiger partial charge in [0.05, 0.1) is 42.8 Å². The number of likely N-dealkylation sites (tertiary alicyclic amines) is 1. The number of rotatable bonds is 17. The van der Waals surface area contributed by atoms with Crippen molar-refractivity contribution in [2.75, 3.05) is 51.8 Å². The summed E-state index contributed by atoms with van der Waals surface area (Å²) in [5.74, 6) is -0.690. The highest BCUT2D eigenvalue weighted by Crippen LogP contribution is 2.23. The minimum absolute atomic E-state index is 0.0169. The van der Waals surface area contributed by atoms with Crippen molar-refractivity contribution in [1.29, 1.82) is 0 Å². The van der Waals surface area contributed by atoms with Crippen molar-refractivity contribution in [2.45, 2.75) is 42.8 Å². The van der Waals surface area contributed by atoms with Crippen LogP contribution in [-0.2, 0) is 42.3 Å². The Labute approximate surface area is 262 Å². The lowest BCUT2D eigenvalue weighted by Gasteiger charge is -2.24. The fraction of sp³-hybridized carbons (Fsp3) is 0.481. The first-order valence-electron chi connectivity index (χ1n) is 14.4. The van der Waals surface area contributed by atoms with E-state index >= 15 is 0 Å². The summed E-state index contributed by atoms with van der Waals surface area (Å²) in [6, 6.07) is 3.71. The summed E-state index contributed by atoms with van der Waals surface area (Å²) in [6.07, 6.45) is 2.14. The van der Waals surface area contributed by atoms with Gasteiger partial charge in [-0.2, -0.15) is 13.4 Å². The molecular formula is C27H35FN10O7S. The summed E-state index contributed by atoms with van der Waals surface area (Å²) in [5, 5.41) is 10.1. The number of ether oxygens (including phenoxy) is 2. The molecule has 3 heterocycles. The molecule has 2 aromatic heterocycles. The minimum Gasteiger partial charge on any atom is -0.378 e. The second-order valence-corrected chi connectivity index (χ2v) is 11.8. The summed E-state index contributed by atoms with van der Waals surface area (Å²) < 4.78 is 46.1. The molecule has 0 aliphatic carbocycles. The van der Waals surface area contributed by atoms with Gasteiger partial charge in [-0.3, -0.25) is 19.4 Å². The van der Waals surface area contributed by atoms with Crippen molar-refractivity contribution < 1.29 is 31.4 Å². The van der Waals surface area contributed by atoms with Gasteiger partial charge in [0, 0.05) is 43.7 Å². The molecule has 2 amide bonds. The molecule has 1 fully saturated rings. The summed E-state index contributed by atoms with van der Waals surface area (Å²) in [4.78, 5) is 51.1. The van der Waals surface area contributed by atoms with Crippen molar-refractivity contribution in [3.05, 3.63) is 62.4 Å². The highest BCUT2D eigenvalue weighted by Gasteiger charge is 2.38. The van der Waals surface area contributed by atoms with Crippen molar-refractivity contribution in [3.63, 3.8) is 0 Å². The lowest BCUT2D eigenvalue weighted by Crippen LogP contribution is -2.46. The number of aromatic nitrogens is 3. The molecule has 0 bridgehead atoms. The molecule has 0 radical (unpaired) electrons. The van der Waals surface area contributed by atoms with E-state index in [1.54, 1.807) is 6.20 Å². The number of aryl methyl sites for hydroxylation is 1. The van der Waals surface area contributed by atoms with E-state index in [9.17, 15) is 26.7 Å². The molecular weight excluding hydrogens is 627 g/mol. The number of halogens is 1. The number of nitrogens with two attached hydrogens (primary N) is 1. The third kappa shape index (κ3) is 9.48. The van der Waals surface area contributed by atoms with E-state index < -0.39 is 33.1 Å². The number of fused-ring (bicyclic) bond motifs is 1. The Kier molecular flexibility index (Phi) is 12.0. The van der Waals surface area contributed by atoms with Crippen LogP contribution < -0.4 is 21.9 Å². The first-order chi connectivity index (χ1) is 22.1. The molecule has 46 heavy (non-hydrogen) atoms. The molecule has 0 spiro atoms. The number of anilines is 1. The van der Waals surface area contributed by atoms with Gasteiger partial charge in [0.1, 0.15) is 11.7 Å². The van der Waals surface area contributed by atoms with Crippen molar-refractivity contribution in [1.82, 2.24) is 30.5 Å². The second kappa shape index (κ2) is 16.1. The average Bonchev–Trinajstić information content (AvgIpc) is 3.63. The maximum absolute atomic E-state index is 13.1. The number of carbonyl (C=O) groups is 2. The minimum atomic E-state index is -4.82. The molecule has 0 saturated carbocycles. The van der Waals surface area contributed by atoms with Crippen LogP contribution in [0.2, 0.25) is 0 Å². The number of benzene rings is 1. The molecule has 248 valence electrons. The van der Waals surface area contributed by atoms with Gasteiger partial charge in [0.15, 0.2) is 0 Å². The summed E-state index contributed by atoms with van der Waals surface area (Å²) in [6.45, 7) is 2.51. The average molecular weight is 663 g/mol. The van der Waals surface area contributed by atoms with Crippen LogP contribution in [0.15, 0.2) is 45.3 Å². The largest absolute Gasteiger partial charge is 0.378 e. The van der Waals surface area contributed by atoms with Crippen LogP contribution in [0.1, 0.15) is 24.0 Å². The number of nitrogen functional groups attached to an aromatic ring is 1. The molecule has 1 aliphatic heterocycles. The zero-order valence-electron chi connectivity index (χ0n) is 24.8. The molecule has 19 heteroatoms. The van der Waals surface area contributed by atoms with E-state index in [0.717, 1.165) is 17.7 Å². The molecule has 17 nitrogen and oxygen atoms in total. The zero-order valence-corrected chi connectivity index (χ0v) is 25.6. The molecule has 1 aromatic carbocycles. The number of H-pyrrole nitrogens is 2. The van der Waals surface area contributed by atoms with Gasteiger partial charge in [-0.15, -0.1) is 3.89 Å². The maximum Gasteiger partial charge on any atom is 0.332 e. The van der Waals surface area contributed by atoms with Crippen LogP contribution in [0.25, 0.3) is 21.5 Å².